The molecule has 4 rings (SSSR count). The molecule has 1 aromatic heterocycles. The molecule has 12 heteroatoms. The lowest BCUT2D eigenvalue weighted by molar-refractivity contribution is -0.274. The van der Waals surface area contributed by atoms with Gasteiger partial charge in [-0.3, -0.25) is 4.79 Å². The number of hydrogen-bond acceptors (Lipinski definition) is 4. The number of fused-ring (bicyclic) bond motifs is 1. The Hall–Kier alpha value is -4.12. The summed E-state index contributed by atoms with van der Waals surface area (Å²) < 4.78 is 72.5. The first-order valence-electron chi connectivity index (χ1n) is 13.0. The molecule has 0 bridgehead atoms. The molecule has 0 saturated heterocycles. The lowest BCUT2D eigenvalue weighted by Gasteiger charge is -2.29. The van der Waals surface area contributed by atoms with Crippen LogP contribution in [0.5, 0.6) is 5.75 Å². The minimum atomic E-state index is -4.88. The Balaban J connectivity index is 1.81. The second kappa shape index (κ2) is 12.8. The van der Waals surface area contributed by atoms with Gasteiger partial charge in [0.1, 0.15) is 17.4 Å². The summed E-state index contributed by atoms with van der Waals surface area (Å²) in [5.41, 5.74) is 3.36. The fourth-order valence-electron chi connectivity index (χ4n) is 4.95. The summed E-state index contributed by atoms with van der Waals surface area (Å²) in [6.07, 6.45) is -2.16. The van der Waals surface area contributed by atoms with Crippen molar-refractivity contribution in [3.63, 3.8) is 0 Å². The third-order valence-electron chi connectivity index (χ3n) is 6.76. The van der Waals surface area contributed by atoms with Gasteiger partial charge in [0.15, 0.2) is 0 Å². The second-order valence-corrected chi connectivity index (χ2v) is 9.98. The monoisotopic (exact) mass is 608 g/mol. The number of amides is 1. The Labute approximate surface area is 242 Å². The number of aromatic nitrogens is 1. The average molecular weight is 609 g/mol. The molecule has 0 spiro atoms. The van der Waals surface area contributed by atoms with Crippen LogP contribution in [0.2, 0.25) is 5.02 Å². The van der Waals surface area contributed by atoms with Crippen LogP contribution in [0.3, 0.4) is 0 Å². The van der Waals surface area contributed by atoms with Crippen LogP contribution in [0.25, 0.3) is 10.9 Å². The summed E-state index contributed by atoms with van der Waals surface area (Å²) in [5.74, 6) is -4.63. The first-order chi connectivity index (χ1) is 19.9. The van der Waals surface area contributed by atoms with Crippen LogP contribution in [0.1, 0.15) is 72.0 Å². The Bertz CT molecular complexity index is 1590. The predicted octanol–water partition coefficient (Wildman–Crippen LogP) is 8.31. The van der Waals surface area contributed by atoms with Crippen molar-refractivity contribution >= 4 is 34.4 Å². The van der Waals surface area contributed by atoms with Crippen molar-refractivity contribution in [1.29, 1.82) is 0 Å². The molecule has 3 aromatic carbocycles. The topological polar surface area (TPSA) is 80.4 Å². The summed E-state index contributed by atoms with van der Waals surface area (Å²) in [7, 11) is 0. The molecule has 222 valence electrons. The number of nitrogens with one attached hydrogen (secondary N) is 2. The van der Waals surface area contributed by atoms with E-state index in [2.05, 4.69) is 14.6 Å². The maximum atomic E-state index is 15.3. The second-order valence-electron chi connectivity index (χ2n) is 9.54. The normalized spacial score (nSPS) is 13.0. The van der Waals surface area contributed by atoms with Gasteiger partial charge in [-0.2, -0.15) is 5.48 Å². The number of rotatable bonds is 9. The van der Waals surface area contributed by atoms with Crippen LogP contribution in [-0.2, 0) is 9.63 Å². The molecular weight excluding hydrogens is 583 g/mol. The van der Waals surface area contributed by atoms with Gasteiger partial charge in [-0.25, -0.2) is 13.6 Å². The van der Waals surface area contributed by atoms with Gasteiger partial charge in [0, 0.05) is 28.9 Å². The first-order valence-corrected chi connectivity index (χ1v) is 13.4. The van der Waals surface area contributed by atoms with E-state index >= 15 is 4.39 Å². The molecule has 6 nitrogen and oxygen atoms in total. The number of carbonyl (C=O) groups is 2. The Morgan fingerprint density at radius 1 is 0.976 bits per heavy atom. The van der Waals surface area contributed by atoms with Gasteiger partial charge in [0.2, 0.25) is 0 Å². The maximum Gasteiger partial charge on any atom is 0.573 e. The van der Waals surface area contributed by atoms with Crippen LogP contribution in [0.4, 0.5) is 22.0 Å². The van der Waals surface area contributed by atoms with Gasteiger partial charge in [0.25, 0.3) is 5.91 Å². The maximum absolute atomic E-state index is 15.3. The Morgan fingerprint density at radius 2 is 1.67 bits per heavy atom. The molecule has 4 aromatic rings. The lowest BCUT2D eigenvalue weighted by atomic mass is 9.75. The molecular formula is C30H26ClF5N2O4. The highest BCUT2D eigenvalue weighted by atomic mass is 35.5. The molecule has 0 aliphatic rings. The summed E-state index contributed by atoms with van der Waals surface area (Å²) in [5, 5.41) is 0.599. The van der Waals surface area contributed by atoms with E-state index in [0.717, 1.165) is 6.07 Å². The minimum Gasteiger partial charge on any atom is -0.406 e. The van der Waals surface area contributed by atoms with Gasteiger partial charge < -0.3 is 14.6 Å². The number of benzene rings is 3. The third-order valence-corrected chi connectivity index (χ3v) is 6.98. The Morgan fingerprint density at radius 3 is 2.29 bits per heavy atom. The van der Waals surface area contributed by atoms with Crippen LogP contribution >= 0.6 is 11.6 Å². The van der Waals surface area contributed by atoms with E-state index < -0.39 is 47.5 Å². The number of ether oxygens (including phenoxy) is 1. The van der Waals surface area contributed by atoms with Crippen molar-refractivity contribution in [2.45, 2.75) is 51.3 Å². The predicted molar refractivity (Wildman–Crippen MR) is 146 cm³/mol. The quantitative estimate of drug-likeness (QED) is 0.148. The number of alkyl halides is 3. The van der Waals surface area contributed by atoms with Crippen molar-refractivity contribution < 1.29 is 41.1 Å². The molecule has 42 heavy (non-hydrogen) atoms. The number of hydroxylamine groups is 1. The number of H-pyrrole nitrogens is 1. The highest BCUT2D eigenvalue weighted by Crippen LogP contribution is 2.45. The standard InChI is InChI=1S/C30H26ClF5N2O4/c1-3-5-20(17-8-11-21(24(32)12-17)29(40)38-42-26(39)4-2)27(16-6-9-19(10-7-16)41-30(34,35)36)23-15-37-28-22(23)13-18(31)14-25(28)33/h6-15,20,27,37H,3-5H2,1-2H3,(H,38,40)/t20-,27+/m1/s1. The van der Waals surface area contributed by atoms with E-state index in [1.807, 2.05) is 12.4 Å². The van der Waals surface area contributed by atoms with Crippen molar-refractivity contribution in [2.75, 3.05) is 0 Å². The van der Waals surface area contributed by atoms with Crippen LogP contribution < -0.4 is 10.2 Å². The van der Waals surface area contributed by atoms with E-state index in [-0.39, 0.29) is 22.5 Å². The smallest absolute Gasteiger partial charge is 0.406 e. The molecule has 2 N–H and O–H groups in total. The summed E-state index contributed by atoms with van der Waals surface area (Å²) in [6, 6.07) is 12.0. The van der Waals surface area contributed by atoms with E-state index in [1.165, 1.54) is 43.3 Å². The zero-order chi connectivity index (χ0) is 30.6. The lowest BCUT2D eigenvalue weighted by Crippen LogP contribution is -2.27. The largest absolute Gasteiger partial charge is 0.573 e. The van der Waals surface area contributed by atoms with Gasteiger partial charge in [-0.05, 0) is 65.4 Å². The van der Waals surface area contributed by atoms with Crippen molar-refractivity contribution in [2.24, 2.45) is 0 Å². The molecule has 1 heterocycles. The first kappa shape index (κ1) is 30.8. The molecule has 0 aliphatic heterocycles. The number of hydrogen-bond donors (Lipinski definition) is 2. The van der Waals surface area contributed by atoms with Crippen LogP contribution in [0, 0.1) is 11.6 Å². The average Bonchev–Trinajstić information content (AvgIpc) is 3.35. The van der Waals surface area contributed by atoms with E-state index in [9.17, 15) is 27.2 Å². The Kier molecular flexibility index (Phi) is 9.40. The van der Waals surface area contributed by atoms with Crippen molar-refractivity contribution in [3.8, 4) is 5.75 Å². The highest BCUT2D eigenvalue weighted by Gasteiger charge is 2.32. The van der Waals surface area contributed by atoms with E-state index in [4.69, 9.17) is 11.6 Å². The zero-order valence-corrected chi connectivity index (χ0v) is 23.2. The van der Waals surface area contributed by atoms with Crippen molar-refractivity contribution in [1.82, 2.24) is 10.5 Å². The van der Waals surface area contributed by atoms with Crippen molar-refractivity contribution in [3.05, 3.63) is 99.7 Å². The molecule has 2 atom stereocenters. The van der Waals surface area contributed by atoms with E-state index in [1.54, 1.807) is 18.3 Å². The zero-order valence-electron chi connectivity index (χ0n) is 22.5. The fourth-order valence-corrected chi connectivity index (χ4v) is 5.16. The van der Waals surface area contributed by atoms with Crippen LogP contribution in [0.15, 0.2) is 60.8 Å². The molecule has 1 amide bonds. The number of carbonyl (C=O) groups excluding carboxylic acids is 2. The summed E-state index contributed by atoms with van der Waals surface area (Å²) in [6.45, 7) is 3.44. The molecule has 0 unspecified atom stereocenters. The molecule has 0 radical (unpaired) electrons. The molecule has 0 aliphatic carbocycles. The highest BCUT2D eigenvalue weighted by molar-refractivity contribution is 6.31. The third kappa shape index (κ3) is 7.02. The van der Waals surface area contributed by atoms with Gasteiger partial charge in [-0.1, -0.05) is 50.1 Å². The van der Waals surface area contributed by atoms with Gasteiger partial charge in [0.05, 0.1) is 11.1 Å². The van der Waals surface area contributed by atoms with Gasteiger partial charge >= 0.3 is 12.3 Å². The number of aromatic amines is 1. The summed E-state index contributed by atoms with van der Waals surface area (Å²) in [4.78, 5) is 31.3. The minimum absolute atomic E-state index is 0.00798. The van der Waals surface area contributed by atoms with E-state index in [0.29, 0.717) is 34.9 Å². The molecule has 0 fully saturated rings. The number of halogens is 6. The fraction of sp³-hybridized carbons (Fsp3) is 0.267. The summed E-state index contributed by atoms with van der Waals surface area (Å²) >= 11 is 6.17. The SMILES string of the molecule is CCC[C@H](c1ccc(C(=O)NOC(=O)CC)c(F)c1)[C@H](c1ccc(OC(F)(F)F)cc1)c1c[nH]c2c(F)cc(Cl)cc12. The molecule has 0 saturated carbocycles. The van der Waals surface area contributed by atoms with Gasteiger partial charge in [-0.15, -0.1) is 13.2 Å². The van der Waals surface area contributed by atoms with Crippen LogP contribution in [-0.4, -0.2) is 23.2 Å².